The van der Waals surface area contributed by atoms with Crippen LogP contribution in [-0.2, 0) is 6.54 Å². The minimum absolute atomic E-state index is 0.510. The van der Waals surface area contributed by atoms with Crippen LogP contribution >= 0.6 is 0 Å². The van der Waals surface area contributed by atoms with Crippen molar-refractivity contribution in [2.75, 3.05) is 19.7 Å². The number of benzene rings is 1. The first-order valence-electron chi connectivity index (χ1n) is 8.38. The summed E-state index contributed by atoms with van der Waals surface area (Å²) in [6, 6.07) is 9.72. The normalized spacial score (nSPS) is 19.3. The molecule has 0 amide bonds. The molecular formula is C18H30N2O. The second kappa shape index (κ2) is 8.40. The van der Waals surface area contributed by atoms with Gasteiger partial charge in [-0.25, -0.2) is 0 Å². The molecular weight excluding hydrogens is 260 g/mol. The lowest BCUT2D eigenvalue weighted by molar-refractivity contribution is 0.193. The Labute approximate surface area is 129 Å². The Kier molecular flexibility index (Phi) is 6.52. The molecule has 2 rings (SSSR count). The molecule has 1 fully saturated rings. The van der Waals surface area contributed by atoms with Gasteiger partial charge in [-0.1, -0.05) is 32.9 Å². The van der Waals surface area contributed by atoms with Crippen LogP contribution in [0.25, 0.3) is 0 Å². The van der Waals surface area contributed by atoms with Crippen LogP contribution in [0.5, 0.6) is 5.75 Å². The Morgan fingerprint density at radius 2 is 2.24 bits per heavy atom. The van der Waals surface area contributed by atoms with E-state index in [0.29, 0.717) is 6.04 Å². The largest absolute Gasteiger partial charge is 0.492 e. The lowest BCUT2D eigenvalue weighted by atomic mass is 10.2. The summed E-state index contributed by atoms with van der Waals surface area (Å²) in [5.74, 6) is 0.991. The van der Waals surface area contributed by atoms with Crippen LogP contribution in [0.15, 0.2) is 24.3 Å². The summed E-state index contributed by atoms with van der Waals surface area (Å²) in [6.45, 7) is 10.6. The summed E-state index contributed by atoms with van der Waals surface area (Å²) >= 11 is 0. The van der Waals surface area contributed by atoms with Gasteiger partial charge in [0.1, 0.15) is 12.4 Å². The highest BCUT2D eigenvalue weighted by Gasteiger charge is 2.22. The number of hydrogen-bond acceptors (Lipinski definition) is 3. The minimum atomic E-state index is 0.510. The highest BCUT2D eigenvalue weighted by atomic mass is 16.5. The van der Waals surface area contributed by atoms with Crippen LogP contribution in [0.3, 0.4) is 0 Å². The molecule has 0 radical (unpaired) electrons. The number of hydrogen-bond donors (Lipinski definition) is 1. The average molecular weight is 290 g/mol. The summed E-state index contributed by atoms with van der Waals surface area (Å²) in [7, 11) is 0. The van der Waals surface area contributed by atoms with Crippen molar-refractivity contribution in [1.29, 1.82) is 0 Å². The van der Waals surface area contributed by atoms with E-state index in [9.17, 15) is 0 Å². The van der Waals surface area contributed by atoms with Crippen molar-refractivity contribution in [3.05, 3.63) is 29.8 Å². The van der Waals surface area contributed by atoms with E-state index in [1.165, 1.54) is 31.4 Å². The van der Waals surface area contributed by atoms with Crippen LogP contribution < -0.4 is 10.1 Å². The van der Waals surface area contributed by atoms with Crippen molar-refractivity contribution in [2.24, 2.45) is 0 Å². The first-order chi connectivity index (χ1) is 10.2. The molecule has 1 aromatic carbocycles. The molecule has 3 heteroatoms. The third-order valence-electron chi connectivity index (χ3n) is 4.23. The molecule has 1 aromatic rings. The quantitative estimate of drug-likeness (QED) is 0.794. The Morgan fingerprint density at radius 1 is 1.38 bits per heavy atom. The smallest absolute Gasteiger partial charge is 0.119 e. The number of nitrogens with zero attached hydrogens (tertiary/aromatic N) is 1. The van der Waals surface area contributed by atoms with Gasteiger partial charge in [-0.05, 0) is 43.5 Å². The lowest BCUT2D eigenvalue weighted by Crippen LogP contribution is -2.32. The van der Waals surface area contributed by atoms with Gasteiger partial charge in [-0.2, -0.15) is 0 Å². The van der Waals surface area contributed by atoms with Crippen molar-refractivity contribution in [3.63, 3.8) is 0 Å². The first-order valence-corrected chi connectivity index (χ1v) is 8.38. The second-order valence-electron chi connectivity index (χ2n) is 6.27. The van der Waals surface area contributed by atoms with E-state index in [2.05, 4.69) is 55.3 Å². The van der Waals surface area contributed by atoms with Crippen LogP contribution in [0.2, 0.25) is 0 Å². The Bertz CT molecular complexity index is 419. The fraction of sp³-hybridized carbons (Fsp3) is 0.667. The zero-order valence-corrected chi connectivity index (χ0v) is 13.8. The predicted molar refractivity (Wildman–Crippen MR) is 88.8 cm³/mol. The summed E-state index contributed by atoms with van der Waals surface area (Å²) in [4.78, 5) is 2.57. The molecule has 1 aliphatic heterocycles. The Morgan fingerprint density at radius 3 is 3.00 bits per heavy atom. The van der Waals surface area contributed by atoms with Crippen molar-refractivity contribution in [2.45, 2.75) is 58.7 Å². The minimum Gasteiger partial charge on any atom is -0.492 e. The molecule has 1 aliphatic rings. The zero-order chi connectivity index (χ0) is 15.1. The molecule has 1 saturated heterocycles. The summed E-state index contributed by atoms with van der Waals surface area (Å²) in [5.41, 5.74) is 1.29. The molecule has 3 nitrogen and oxygen atoms in total. The standard InChI is InChI=1S/C18H30N2O/c1-4-17-8-6-10-20(17)11-12-21-18-9-5-7-16(13-18)14-19-15(2)3/h5,7,9,13,15,17,19H,4,6,8,10-12,14H2,1-3H3. The highest BCUT2D eigenvalue weighted by Crippen LogP contribution is 2.19. The van der Waals surface area contributed by atoms with Crippen molar-refractivity contribution >= 4 is 0 Å². The summed E-state index contributed by atoms with van der Waals surface area (Å²) in [6.07, 6.45) is 3.96. The maximum Gasteiger partial charge on any atom is 0.119 e. The maximum atomic E-state index is 5.94. The van der Waals surface area contributed by atoms with Gasteiger partial charge in [0, 0.05) is 25.2 Å². The Balaban J connectivity index is 1.76. The number of likely N-dealkylation sites (tertiary alicyclic amines) is 1. The van der Waals surface area contributed by atoms with Crippen molar-refractivity contribution < 1.29 is 4.74 Å². The lowest BCUT2D eigenvalue weighted by Gasteiger charge is -2.23. The van der Waals surface area contributed by atoms with E-state index in [1.807, 2.05) is 0 Å². The number of ether oxygens (including phenoxy) is 1. The average Bonchev–Trinajstić information content (AvgIpc) is 2.93. The van der Waals surface area contributed by atoms with Gasteiger partial charge in [0.25, 0.3) is 0 Å². The molecule has 0 aliphatic carbocycles. The molecule has 0 saturated carbocycles. The van der Waals surface area contributed by atoms with E-state index < -0.39 is 0 Å². The van der Waals surface area contributed by atoms with Gasteiger partial charge in [0.2, 0.25) is 0 Å². The topological polar surface area (TPSA) is 24.5 Å². The van der Waals surface area contributed by atoms with E-state index in [0.717, 1.165) is 31.5 Å². The van der Waals surface area contributed by atoms with E-state index in [1.54, 1.807) is 0 Å². The first kappa shape index (κ1) is 16.3. The highest BCUT2D eigenvalue weighted by molar-refractivity contribution is 5.28. The summed E-state index contributed by atoms with van der Waals surface area (Å²) in [5, 5.41) is 3.44. The molecule has 0 aromatic heterocycles. The fourth-order valence-electron chi connectivity index (χ4n) is 3.00. The number of rotatable bonds is 8. The van der Waals surface area contributed by atoms with Crippen LogP contribution in [0.1, 0.15) is 45.6 Å². The summed E-state index contributed by atoms with van der Waals surface area (Å²) < 4.78 is 5.94. The van der Waals surface area contributed by atoms with Crippen LogP contribution in [0.4, 0.5) is 0 Å². The maximum absolute atomic E-state index is 5.94. The molecule has 1 heterocycles. The molecule has 1 N–H and O–H groups in total. The third-order valence-corrected chi connectivity index (χ3v) is 4.23. The number of nitrogens with one attached hydrogen (secondary N) is 1. The second-order valence-corrected chi connectivity index (χ2v) is 6.27. The van der Waals surface area contributed by atoms with Crippen LogP contribution in [-0.4, -0.2) is 36.7 Å². The van der Waals surface area contributed by atoms with E-state index >= 15 is 0 Å². The van der Waals surface area contributed by atoms with Gasteiger partial charge >= 0.3 is 0 Å². The molecule has 0 spiro atoms. The van der Waals surface area contributed by atoms with Crippen LogP contribution in [0, 0.1) is 0 Å². The molecule has 1 atom stereocenters. The fourth-order valence-corrected chi connectivity index (χ4v) is 3.00. The molecule has 1 unspecified atom stereocenters. The van der Waals surface area contributed by atoms with Crippen molar-refractivity contribution in [1.82, 2.24) is 10.2 Å². The van der Waals surface area contributed by atoms with Gasteiger partial charge in [0.05, 0.1) is 0 Å². The predicted octanol–water partition coefficient (Wildman–Crippen LogP) is 3.44. The third kappa shape index (κ3) is 5.33. The van der Waals surface area contributed by atoms with Gasteiger partial charge in [-0.3, -0.25) is 4.90 Å². The molecule has 0 bridgehead atoms. The van der Waals surface area contributed by atoms with E-state index in [4.69, 9.17) is 4.74 Å². The van der Waals surface area contributed by atoms with Gasteiger partial charge < -0.3 is 10.1 Å². The van der Waals surface area contributed by atoms with E-state index in [-0.39, 0.29) is 0 Å². The molecule has 21 heavy (non-hydrogen) atoms. The van der Waals surface area contributed by atoms with Gasteiger partial charge in [-0.15, -0.1) is 0 Å². The Hall–Kier alpha value is -1.06. The zero-order valence-electron chi connectivity index (χ0n) is 13.8. The molecule has 118 valence electrons. The van der Waals surface area contributed by atoms with Crippen molar-refractivity contribution in [3.8, 4) is 5.75 Å². The monoisotopic (exact) mass is 290 g/mol. The van der Waals surface area contributed by atoms with Gasteiger partial charge in [0.15, 0.2) is 0 Å². The SMILES string of the molecule is CCC1CCCN1CCOc1cccc(CNC(C)C)c1.